The van der Waals surface area contributed by atoms with E-state index in [9.17, 15) is 9.59 Å². The zero-order chi connectivity index (χ0) is 14.7. The second kappa shape index (κ2) is 5.85. The van der Waals surface area contributed by atoms with E-state index >= 15 is 0 Å². The summed E-state index contributed by atoms with van der Waals surface area (Å²) in [6.07, 6.45) is 1.62. The van der Waals surface area contributed by atoms with Crippen molar-refractivity contribution in [2.24, 2.45) is 0 Å². The van der Waals surface area contributed by atoms with Gasteiger partial charge in [-0.1, -0.05) is 0 Å². The Morgan fingerprint density at radius 1 is 1.55 bits per heavy atom. The number of amides is 1. The Kier molecular flexibility index (Phi) is 4.16. The van der Waals surface area contributed by atoms with E-state index in [1.54, 1.807) is 12.3 Å². The summed E-state index contributed by atoms with van der Waals surface area (Å²) in [6, 6.07) is 0.260. The molecular weight excluding hydrogens is 282 g/mol. The first kappa shape index (κ1) is 14.2. The van der Waals surface area contributed by atoms with Crippen LogP contribution in [0.4, 0.5) is 0 Å². The number of hydrogen-bond donors (Lipinski definition) is 4. The lowest BCUT2D eigenvalue weighted by Gasteiger charge is -2.10. The maximum absolute atomic E-state index is 11.8. The van der Waals surface area contributed by atoms with Crippen LogP contribution in [0.1, 0.15) is 15.5 Å². The number of aromatic nitrogens is 2. The van der Waals surface area contributed by atoms with Crippen molar-refractivity contribution in [1.29, 1.82) is 0 Å². The third-order valence-corrected chi connectivity index (χ3v) is 3.40. The first-order chi connectivity index (χ1) is 9.51. The zero-order valence-electron chi connectivity index (χ0n) is 10.6. The van der Waals surface area contributed by atoms with Gasteiger partial charge in [0.1, 0.15) is 5.69 Å². The van der Waals surface area contributed by atoms with Crippen LogP contribution in [-0.2, 0) is 4.79 Å². The van der Waals surface area contributed by atoms with Crippen molar-refractivity contribution in [3.05, 3.63) is 28.3 Å². The first-order valence-electron chi connectivity index (χ1n) is 5.76. The maximum atomic E-state index is 11.8. The summed E-state index contributed by atoms with van der Waals surface area (Å²) in [6.45, 7) is 1.22. The van der Waals surface area contributed by atoms with Gasteiger partial charge in [-0.05, 0) is 13.0 Å². The number of thiazole rings is 1. The maximum Gasteiger partial charge on any atom is 0.328 e. The Morgan fingerprint density at radius 3 is 2.85 bits per heavy atom. The number of nitrogens with one attached hydrogen (secondary N) is 2. The number of carbonyl (C=O) groups is 2. The van der Waals surface area contributed by atoms with Gasteiger partial charge in [0, 0.05) is 17.1 Å². The van der Waals surface area contributed by atoms with Gasteiger partial charge in [0.2, 0.25) is 0 Å². The Bertz CT molecular complexity index is 634. The number of carboxylic acid groups (broad SMARTS) is 1. The van der Waals surface area contributed by atoms with Crippen LogP contribution in [0, 0.1) is 6.92 Å². The van der Waals surface area contributed by atoms with Crippen molar-refractivity contribution in [1.82, 2.24) is 15.3 Å². The number of carbonyl (C=O) groups excluding carboxylic acids is 1. The van der Waals surface area contributed by atoms with Crippen LogP contribution in [-0.4, -0.2) is 44.7 Å². The summed E-state index contributed by atoms with van der Waals surface area (Å²) in [4.78, 5) is 29.6. The predicted molar refractivity (Wildman–Crippen MR) is 72.6 cm³/mol. The molecule has 0 saturated heterocycles. The van der Waals surface area contributed by atoms with Crippen LogP contribution in [0.3, 0.4) is 0 Å². The third kappa shape index (κ3) is 3.03. The number of rotatable bonds is 5. The van der Waals surface area contributed by atoms with Gasteiger partial charge in [-0.2, -0.15) is 0 Å². The SMILES string of the molecule is Cc1nc(-c2c[nH]c(C(=O)N[C@@H](CO)C(=O)O)c2)cs1. The first-order valence-corrected chi connectivity index (χ1v) is 6.64. The van der Waals surface area contributed by atoms with E-state index in [1.807, 2.05) is 12.3 Å². The summed E-state index contributed by atoms with van der Waals surface area (Å²) in [7, 11) is 0. The second-order valence-electron chi connectivity index (χ2n) is 4.10. The van der Waals surface area contributed by atoms with Crippen LogP contribution in [0.15, 0.2) is 17.6 Å². The third-order valence-electron chi connectivity index (χ3n) is 2.63. The number of aliphatic hydroxyl groups excluding tert-OH is 1. The van der Waals surface area contributed by atoms with Crippen molar-refractivity contribution in [2.45, 2.75) is 13.0 Å². The summed E-state index contributed by atoms with van der Waals surface area (Å²) in [5, 5.41) is 22.6. The van der Waals surface area contributed by atoms with Gasteiger partial charge in [-0.15, -0.1) is 11.3 Å². The lowest BCUT2D eigenvalue weighted by Crippen LogP contribution is -2.43. The molecule has 2 aromatic rings. The van der Waals surface area contributed by atoms with Crippen LogP contribution in [0.5, 0.6) is 0 Å². The number of H-pyrrole nitrogens is 1. The molecule has 1 amide bonds. The van der Waals surface area contributed by atoms with Crippen molar-refractivity contribution in [3.63, 3.8) is 0 Å². The molecule has 0 fully saturated rings. The Hall–Kier alpha value is -2.19. The van der Waals surface area contributed by atoms with Crippen LogP contribution < -0.4 is 5.32 Å². The van der Waals surface area contributed by atoms with Gasteiger partial charge < -0.3 is 20.5 Å². The molecule has 2 aromatic heterocycles. The molecule has 0 aliphatic carbocycles. The number of hydrogen-bond acceptors (Lipinski definition) is 5. The molecule has 0 bridgehead atoms. The average Bonchev–Trinajstić information content (AvgIpc) is 3.03. The standard InChI is InChI=1S/C12H13N3O4S/c1-6-14-10(5-20-6)7-2-8(13-3-7)11(17)15-9(4-16)12(18)19/h2-3,5,9,13,16H,4H2,1H3,(H,15,17)(H,18,19)/t9-/m0/s1. The fourth-order valence-corrected chi connectivity index (χ4v) is 2.21. The normalized spacial score (nSPS) is 12.1. The number of aryl methyl sites for hydroxylation is 1. The number of aliphatic hydroxyl groups is 1. The number of aliphatic carboxylic acids is 1. The molecule has 0 radical (unpaired) electrons. The molecule has 0 unspecified atom stereocenters. The van der Waals surface area contributed by atoms with E-state index in [4.69, 9.17) is 10.2 Å². The van der Waals surface area contributed by atoms with Gasteiger partial charge in [0.25, 0.3) is 5.91 Å². The van der Waals surface area contributed by atoms with E-state index in [2.05, 4.69) is 15.3 Å². The number of aromatic amines is 1. The van der Waals surface area contributed by atoms with Gasteiger partial charge in [0.05, 0.1) is 17.3 Å². The zero-order valence-corrected chi connectivity index (χ0v) is 11.4. The minimum atomic E-state index is -1.32. The van der Waals surface area contributed by atoms with E-state index in [1.165, 1.54) is 11.3 Å². The van der Waals surface area contributed by atoms with Crippen LogP contribution in [0.2, 0.25) is 0 Å². The van der Waals surface area contributed by atoms with Gasteiger partial charge in [-0.3, -0.25) is 4.79 Å². The van der Waals surface area contributed by atoms with Crippen molar-refractivity contribution in [3.8, 4) is 11.3 Å². The van der Waals surface area contributed by atoms with Gasteiger partial charge in [0.15, 0.2) is 6.04 Å². The van der Waals surface area contributed by atoms with E-state index in [-0.39, 0.29) is 5.69 Å². The largest absolute Gasteiger partial charge is 0.480 e. The highest BCUT2D eigenvalue weighted by Crippen LogP contribution is 2.22. The van der Waals surface area contributed by atoms with Crippen molar-refractivity contribution >= 4 is 23.2 Å². The van der Waals surface area contributed by atoms with E-state index < -0.39 is 24.5 Å². The summed E-state index contributed by atoms with van der Waals surface area (Å²) >= 11 is 1.50. The molecule has 0 aliphatic heterocycles. The van der Waals surface area contributed by atoms with Crippen molar-refractivity contribution < 1.29 is 19.8 Å². The van der Waals surface area contributed by atoms with E-state index in [0.717, 1.165) is 16.3 Å². The molecular formula is C12H13N3O4S. The lowest BCUT2D eigenvalue weighted by atomic mass is 10.2. The Balaban J connectivity index is 2.12. The molecule has 2 rings (SSSR count). The van der Waals surface area contributed by atoms with Crippen LogP contribution >= 0.6 is 11.3 Å². The lowest BCUT2D eigenvalue weighted by molar-refractivity contribution is -0.140. The second-order valence-corrected chi connectivity index (χ2v) is 5.16. The molecule has 20 heavy (non-hydrogen) atoms. The molecule has 0 aliphatic rings. The highest BCUT2D eigenvalue weighted by atomic mass is 32.1. The Labute approximate surface area is 118 Å². The monoisotopic (exact) mass is 295 g/mol. The highest BCUT2D eigenvalue weighted by Gasteiger charge is 2.20. The van der Waals surface area contributed by atoms with Crippen molar-refractivity contribution in [2.75, 3.05) is 6.61 Å². The molecule has 4 N–H and O–H groups in total. The molecule has 0 saturated carbocycles. The van der Waals surface area contributed by atoms with Gasteiger partial charge >= 0.3 is 5.97 Å². The Morgan fingerprint density at radius 2 is 2.30 bits per heavy atom. The molecule has 0 aromatic carbocycles. The number of carboxylic acids is 1. The van der Waals surface area contributed by atoms with Crippen LogP contribution in [0.25, 0.3) is 11.3 Å². The molecule has 1 atom stereocenters. The quantitative estimate of drug-likeness (QED) is 0.645. The predicted octanol–water partition coefficient (Wildman–Crippen LogP) is 0.622. The minimum Gasteiger partial charge on any atom is -0.480 e. The average molecular weight is 295 g/mol. The molecule has 0 spiro atoms. The highest BCUT2D eigenvalue weighted by molar-refractivity contribution is 7.09. The van der Waals surface area contributed by atoms with Gasteiger partial charge in [-0.25, -0.2) is 9.78 Å². The fraction of sp³-hybridized carbons (Fsp3) is 0.250. The summed E-state index contributed by atoms with van der Waals surface area (Å²) in [5.74, 6) is -1.88. The smallest absolute Gasteiger partial charge is 0.328 e. The molecule has 106 valence electrons. The van der Waals surface area contributed by atoms with E-state index in [0.29, 0.717) is 0 Å². The molecule has 8 heteroatoms. The summed E-state index contributed by atoms with van der Waals surface area (Å²) < 4.78 is 0. The molecule has 7 nitrogen and oxygen atoms in total. The number of nitrogens with zero attached hydrogens (tertiary/aromatic N) is 1. The molecule has 2 heterocycles. The summed E-state index contributed by atoms with van der Waals surface area (Å²) in [5.41, 5.74) is 1.71. The topological polar surface area (TPSA) is 115 Å². The minimum absolute atomic E-state index is 0.213. The fourth-order valence-electron chi connectivity index (χ4n) is 1.59.